The maximum absolute atomic E-state index is 13.5. The summed E-state index contributed by atoms with van der Waals surface area (Å²) in [5, 5.41) is 18.4. The molecule has 9 nitrogen and oxygen atoms in total. The largest absolute Gasteiger partial charge is 0.466 e. The van der Waals surface area contributed by atoms with Crippen LogP contribution in [0.1, 0.15) is 41.6 Å². The number of primary amides is 1. The van der Waals surface area contributed by atoms with Crippen LogP contribution in [0.4, 0.5) is 23.7 Å². The minimum Gasteiger partial charge on any atom is -0.466 e. The number of hydrogen-bond acceptors (Lipinski definition) is 5. The van der Waals surface area contributed by atoms with Crippen LogP contribution in [0.25, 0.3) is 0 Å². The van der Waals surface area contributed by atoms with Crippen molar-refractivity contribution in [3.05, 3.63) is 101 Å². The van der Waals surface area contributed by atoms with E-state index >= 15 is 0 Å². The third kappa shape index (κ3) is 5.79. The van der Waals surface area contributed by atoms with Gasteiger partial charge in [0.05, 0.1) is 29.9 Å². The number of carbonyl (C=O) groups excluding carboxylic acids is 2. The number of nitrogens with one attached hydrogen (secondary N) is 1. The number of esters is 1. The van der Waals surface area contributed by atoms with Gasteiger partial charge in [-0.2, -0.15) is 18.4 Å². The summed E-state index contributed by atoms with van der Waals surface area (Å²) >= 11 is 0. The molecule has 0 saturated heterocycles. The van der Waals surface area contributed by atoms with Gasteiger partial charge in [-0.05, 0) is 73.4 Å². The third-order valence-corrected chi connectivity index (χ3v) is 6.87. The highest BCUT2D eigenvalue weighted by Crippen LogP contribution is 2.42. The standard InChI is InChI=1S/C29H27F3N6O3/c1-18-24(26(39)41-2)25(23-11-10-19(17-33)15-20(23)7-6-14-36-12-3-4-13-36)38(28(35)40)27(34)37(18)22-9-5-8-21(16-22)29(30,31)32/h3-5,8-13,15-16,25,34H,6-7,14H2,1-2H3,(H2,35,40)/t25-/m1/s1. The molecule has 1 aliphatic rings. The third-order valence-electron chi connectivity index (χ3n) is 6.87. The summed E-state index contributed by atoms with van der Waals surface area (Å²) in [5.41, 5.74) is 6.11. The second-order valence-electron chi connectivity index (χ2n) is 9.36. The van der Waals surface area contributed by atoms with E-state index in [0.717, 1.165) is 29.0 Å². The lowest BCUT2D eigenvalue weighted by atomic mass is 9.87. The van der Waals surface area contributed by atoms with Gasteiger partial charge in [-0.3, -0.25) is 15.2 Å². The Labute approximate surface area is 234 Å². The summed E-state index contributed by atoms with van der Waals surface area (Å²) in [6.45, 7) is 2.12. The Bertz CT molecular complexity index is 1560. The summed E-state index contributed by atoms with van der Waals surface area (Å²) in [5.74, 6) is -1.40. The lowest BCUT2D eigenvalue weighted by molar-refractivity contribution is -0.138. The molecule has 212 valence electrons. The minimum absolute atomic E-state index is 0.0870. The number of amides is 2. The molecule has 1 atom stereocenters. The van der Waals surface area contributed by atoms with E-state index in [1.165, 1.54) is 25.1 Å². The number of nitrogens with zero attached hydrogens (tertiary/aromatic N) is 4. The Kier molecular flexibility index (Phi) is 8.18. The number of aryl methyl sites for hydroxylation is 2. The number of aromatic nitrogens is 1. The van der Waals surface area contributed by atoms with E-state index in [0.29, 0.717) is 36.1 Å². The molecule has 2 amide bonds. The molecule has 0 saturated carbocycles. The Balaban J connectivity index is 1.89. The molecular weight excluding hydrogens is 537 g/mol. The van der Waals surface area contributed by atoms with E-state index in [-0.39, 0.29) is 17.0 Å². The van der Waals surface area contributed by atoms with Crippen LogP contribution in [0, 0.1) is 16.7 Å². The van der Waals surface area contributed by atoms with Gasteiger partial charge in [-0.1, -0.05) is 12.1 Å². The minimum atomic E-state index is -4.67. The number of urea groups is 1. The maximum atomic E-state index is 13.5. The Morgan fingerprint density at radius 3 is 2.44 bits per heavy atom. The molecule has 0 radical (unpaired) electrons. The molecule has 41 heavy (non-hydrogen) atoms. The number of methoxy groups -OCH3 is 1. The number of rotatable bonds is 7. The van der Waals surface area contributed by atoms with Crippen molar-refractivity contribution < 1.29 is 27.5 Å². The highest BCUT2D eigenvalue weighted by molar-refractivity contribution is 6.10. The van der Waals surface area contributed by atoms with Crippen molar-refractivity contribution >= 4 is 23.6 Å². The van der Waals surface area contributed by atoms with Gasteiger partial charge in [0.15, 0.2) is 0 Å². The molecule has 0 aliphatic carbocycles. The quantitative estimate of drug-likeness (QED) is 0.375. The number of alkyl halides is 3. The lowest BCUT2D eigenvalue weighted by Crippen LogP contribution is -2.55. The number of halogens is 3. The van der Waals surface area contributed by atoms with Gasteiger partial charge in [-0.15, -0.1) is 0 Å². The molecular formula is C29H27F3N6O3. The zero-order valence-corrected chi connectivity index (χ0v) is 22.3. The molecule has 0 spiro atoms. The molecule has 1 aromatic heterocycles. The van der Waals surface area contributed by atoms with Gasteiger partial charge in [0.1, 0.15) is 6.04 Å². The number of hydrogen-bond donors (Lipinski definition) is 2. The smallest absolute Gasteiger partial charge is 0.416 e. The molecule has 0 bridgehead atoms. The fraction of sp³-hybridized carbons (Fsp3) is 0.241. The SMILES string of the molecule is COC(=O)C1=C(C)N(c2cccc(C(F)(F)F)c2)C(=N)N(C(N)=O)[C@@H]1c1ccc(C#N)cc1CCCn1cccc1. The van der Waals surface area contributed by atoms with Crippen molar-refractivity contribution in [2.45, 2.75) is 38.5 Å². The van der Waals surface area contributed by atoms with Gasteiger partial charge in [0, 0.05) is 30.3 Å². The first-order chi connectivity index (χ1) is 19.5. The second-order valence-corrected chi connectivity index (χ2v) is 9.36. The zero-order valence-electron chi connectivity index (χ0n) is 22.3. The van der Waals surface area contributed by atoms with Crippen LogP contribution in [0.3, 0.4) is 0 Å². The topological polar surface area (TPSA) is 128 Å². The number of guanidine groups is 1. The summed E-state index contributed by atoms with van der Waals surface area (Å²) in [6, 6.07) is 12.5. The average molecular weight is 565 g/mol. The fourth-order valence-electron chi connectivity index (χ4n) is 5.00. The summed E-state index contributed by atoms with van der Waals surface area (Å²) in [4.78, 5) is 28.0. The highest BCUT2D eigenvalue weighted by atomic mass is 19.4. The number of benzene rings is 2. The van der Waals surface area contributed by atoms with Crippen molar-refractivity contribution in [2.24, 2.45) is 5.73 Å². The monoisotopic (exact) mass is 564 g/mol. The van der Waals surface area contributed by atoms with Gasteiger partial charge < -0.3 is 15.0 Å². The van der Waals surface area contributed by atoms with Crippen molar-refractivity contribution in [1.82, 2.24) is 9.47 Å². The molecule has 4 rings (SSSR count). The molecule has 2 heterocycles. The number of carbonyl (C=O) groups is 2. The first-order valence-electron chi connectivity index (χ1n) is 12.5. The Morgan fingerprint density at radius 2 is 1.83 bits per heavy atom. The number of nitrogens with two attached hydrogens (primary N) is 1. The van der Waals surface area contributed by atoms with Crippen LogP contribution in [-0.2, 0) is 28.7 Å². The Hall–Kier alpha value is -5.05. The molecule has 12 heteroatoms. The molecule has 1 aliphatic heterocycles. The van der Waals surface area contributed by atoms with Gasteiger partial charge >= 0.3 is 18.2 Å². The molecule has 2 aromatic carbocycles. The lowest BCUT2D eigenvalue weighted by Gasteiger charge is -2.43. The van der Waals surface area contributed by atoms with Crippen molar-refractivity contribution in [2.75, 3.05) is 12.0 Å². The fourth-order valence-corrected chi connectivity index (χ4v) is 5.00. The molecule has 0 unspecified atom stereocenters. The molecule has 3 aromatic rings. The number of ether oxygens (including phenoxy) is 1. The predicted molar refractivity (Wildman–Crippen MR) is 144 cm³/mol. The molecule has 3 N–H and O–H groups in total. The Morgan fingerprint density at radius 1 is 1.12 bits per heavy atom. The van der Waals surface area contributed by atoms with E-state index in [1.807, 2.05) is 29.1 Å². The van der Waals surface area contributed by atoms with Crippen molar-refractivity contribution in [1.29, 1.82) is 10.7 Å². The first kappa shape index (κ1) is 28.9. The van der Waals surface area contributed by atoms with E-state index in [4.69, 9.17) is 15.9 Å². The molecule has 0 fully saturated rings. The normalized spacial score (nSPS) is 15.6. The highest BCUT2D eigenvalue weighted by Gasteiger charge is 2.44. The predicted octanol–water partition coefficient (Wildman–Crippen LogP) is 5.34. The number of allylic oxidation sites excluding steroid dienone is 1. The van der Waals surface area contributed by atoms with Crippen LogP contribution >= 0.6 is 0 Å². The van der Waals surface area contributed by atoms with Gasteiger partial charge in [0.2, 0.25) is 5.96 Å². The van der Waals surface area contributed by atoms with E-state index in [1.54, 1.807) is 12.1 Å². The van der Waals surface area contributed by atoms with Crippen LogP contribution < -0.4 is 10.6 Å². The number of anilines is 1. The van der Waals surface area contributed by atoms with E-state index < -0.39 is 35.7 Å². The maximum Gasteiger partial charge on any atom is 0.416 e. The summed E-state index contributed by atoms with van der Waals surface area (Å²) in [7, 11) is 1.14. The van der Waals surface area contributed by atoms with Gasteiger partial charge in [0.25, 0.3) is 0 Å². The number of nitriles is 1. The van der Waals surface area contributed by atoms with Crippen LogP contribution in [0.2, 0.25) is 0 Å². The van der Waals surface area contributed by atoms with Crippen LogP contribution in [-0.4, -0.2) is 34.5 Å². The average Bonchev–Trinajstić information content (AvgIpc) is 3.45. The second kappa shape index (κ2) is 11.6. The van der Waals surface area contributed by atoms with Crippen molar-refractivity contribution in [3.8, 4) is 6.07 Å². The van der Waals surface area contributed by atoms with Crippen molar-refractivity contribution in [3.63, 3.8) is 0 Å². The van der Waals surface area contributed by atoms with Crippen LogP contribution in [0.15, 0.2) is 78.3 Å². The first-order valence-corrected chi connectivity index (χ1v) is 12.5. The summed E-state index contributed by atoms with van der Waals surface area (Å²) in [6.07, 6.45) is 0.246. The van der Waals surface area contributed by atoms with Crippen LogP contribution in [0.5, 0.6) is 0 Å². The van der Waals surface area contributed by atoms with E-state index in [9.17, 15) is 28.0 Å². The van der Waals surface area contributed by atoms with Gasteiger partial charge in [-0.25, -0.2) is 9.59 Å². The summed E-state index contributed by atoms with van der Waals surface area (Å²) < 4.78 is 47.6. The van der Waals surface area contributed by atoms with E-state index in [2.05, 4.69) is 6.07 Å². The zero-order chi connectivity index (χ0) is 29.9.